The Balaban J connectivity index is 1.37. The van der Waals surface area contributed by atoms with Gasteiger partial charge in [-0.25, -0.2) is 0 Å². The van der Waals surface area contributed by atoms with Gasteiger partial charge >= 0.3 is 0 Å². The van der Waals surface area contributed by atoms with E-state index in [9.17, 15) is 10.4 Å². The van der Waals surface area contributed by atoms with Crippen LogP contribution in [0.3, 0.4) is 0 Å². The van der Waals surface area contributed by atoms with Crippen LogP contribution in [0.25, 0.3) is 21.9 Å². The molecule has 0 bridgehead atoms. The summed E-state index contributed by atoms with van der Waals surface area (Å²) in [6.07, 6.45) is 6.30. The number of hydrogen-bond donors (Lipinski definition) is 1. The van der Waals surface area contributed by atoms with Gasteiger partial charge in [0, 0.05) is 16.3 Å². The average Bonchev–Trinajstić information content (AvgIpc) is 3.35. The Kier molecular flexibility index (Phi) is 6.80. The largest absolute Gasteiger partial charge is 0.508 e. The van der Waals surface area contributed by atoms with Crippen molar-refractivity contribution >= 4 is 22.1 Å². The number of benzene rings is 3. The number of hydrogen-bond acceptors (Lipinski definition) is 5. The second-order valence-corrected chi connectivity index (χ2v) is 9.82. The molecule has 1 fully saturated rings. The molecule has 34 heavy (non-hydrogen) atoms. The van der Waals surface area contributed by atoms with Crippen molar-refractivity contribution in [1.29, 1.82) is 5.26 Å². The molecule has 0 radical (unpaired) electrons. The third-order valence-corrected chi connectivity index (χ3v) is 7.34. The maximum atomic E-state index is 9.94. The molecule has 5 heteroatoms. The fourth-order valence-corrected chi connectivity index (χ4v) is 5.39. The zero-order chi connectivity index (χ0) is 23.3. The Morgan fingerprint density at radius 3 is 2.56 bits per heavy atom. The molecular formula is C29H28N2O2S. The highest BCUT2D eigenvalue weighted by Crippen LogP contribution is 2.41. The highest BCUT2D eigenvalue weighted by atomic mass is 32.1. The van der Waals surface area contributed by atoms with Gasteiger partial charge in [-0.3, -0.25) is 0 Å². The summed E-state index contributed by atoms with van der Waals surface area (Å²) in [4.78, 5) is 3.25. The van der Waals surface area contributed by atoms with Crippen LogP contribution in [0.1, 0.15) is 36.1 Å². The highest BCUT2D eigenvalue weighted by Gasteiger charge is 2.15. The summed E-state index contributed by atoms with van der Waals surface area (Å²) >= 11 is 1.43. The highest BCUT2D eigenvalue weighted by molar-refractivity contribution is 7.10. The maximum absolute atomic E-state index is 9.94. The van der Waals surface area contributed by atoms with Crippen molar-refractivity contribution in [2.75, 3.05) is 19.6 Å². The van der Waals surface area contributed by atoms with E-state index in [-0.39, 0.29) is 5.75 Å². The molecule has 1 aliphatic rings. The van der Waals surface area contributed by atoms with Crippen LogP contribution >= 0.6 is 11.3 Å². The minimum Gasteiger partial charge on any atom is -0.508 e. The minimum absolute atomic E-state index is 0.224. The van der Waals surface area contributed by atoms with Gasteiger partial charge in [-0.1, -0.05) is 24.6 Å². The Labute approximate surface area is 204 Å². The van der Waals surface area contributed by atoms with E-state index >= 15 is 0 Å². The van der Waals surface area contributed by atoms with Crippen LogP contribution in [-0.4, -0.2) is 29.6 Å². The Morgan fingerprint density at radius 1 is 0.971 bits per heavy atom. The van der Waals surface area contributed by atoms with E-state index in [0.717, 1.165) is 39.8 Å². The lowest BCUT2D eigenvalue weighted by Gasteiger charge is -2.26. The van der Waals surface area contributed by atoms with Gasteiger partial charge in [-0.05, 0) is 104 Å². The number of fused-ring (bicyclic) bond motifs is 1. The van der Waals surface area contributed by atoms with Crippen LogP contribution < -0.4 is 4.74 Å². The van der Waals surface area contributed by atoms with Gasteiger partial charge in [-0.15, -0.1) is 11.3 Å². The fraction of sp³-hybridized carbons (Fsp3) is 0.276. The van der Waals surface area contributed by atoms with Crippen molar-refractivity contribution < 1.29 is 9.84 Å². The first-order valence-electron chi connectivity index (χ1n) is 11.9. The molecule has 4 aromatic rings. The maximum Gasteiger partial charge on any atom is 0.143 e. The van der Waals surface area contributed by atoms with Crippen LogP contribution in [-0.2, 0) is 6.42 Å². The minimum atomic E-state index is 0.224. The molecule has 172 valence electrons. The lowest BCUT2D eigenvalue weighted by molar-refractivity contribution is 0.226. The van der Waals surface area contributed by atoms with E-state index < -0.39 is 0 Å². The van der Waals surface area contributed by atoms with Crippen LogP contribution in [0.4, 0.5) is 0 Å². The van der Waals surface area contributed by atoms with E-state index in [4.69, 9.17) is 4.74 Å². The quantitative estimate of drug-likeness (QED) is 0.308. The molecule has 1 aliphatic heterocycles. The van der Waals surface area contributed by atoms with Gasteiger partial charge in [0.15, 0.2) is 0 Å². The first-order valence-corrected chi connectivity index (χ1v) is 12.8. The van der Waals surface area contributed by atoms with Crippen LogP contribution in [0.15, 0.2) is 66.0 Å². The van der Waals surface area contributed by atoms with Crippen LogP contribution in [0.2, 0.25) is 0 Å². The third-order valence-electron chi connectivity index (χ3n) is 6.51. The number of piperidine rings is 1. The molecule has 0 atom stereocenters. The number of likely N-dealkylation sites (tertiary alicyclic amines) is 1. The predicted octanol–water partition coefficient (Wildman–Crippen LogP) is 7.36. The number of thiophene rings is 1. The van der Waals surface area contributed by atoms with E-state index in [1.165, 1.54) is 62.2 Å². The van der Waals surface area contributed by atoms with Gasteiger partial charge in [0.25, 0.3) is 0 Å². The summed E-state index contributed by atoms with van der Waals surface area (Å²) in [5.41, 5.74) is 3.21. The van der Waals surface area contributed by atoms with Crippen molar-refractivity contribution in [3.63, 3.8) is 0 Å². The zero-order valence-electron chi connectivity index (χ0n) is 19.2. The Hall–Kier alpha value is -3.33. The van der Waals surface area contributed by atoms with Crippen molar-refractivity contribution in [2.45, 2.75) is 32.1 Å². The third kappa shape index (κ3) is 5.09. The van der Waals surface area contributed by atoms with Crippen LogP contribution in [0.5, 0.6) is 17.2 Å². The fourth-order valence-electron chi connectivity index (χ4n) is 4.69. The number of phenols is 1. The topological polar surface area (TPSA) is 56.5 Å². The summed E-state index contributed by atoms with van der Waals surface area (Å²) in [6, 6.07) is 21.8. The molecule has 2 heterocycles. The van der Waals surface area contributed by atoms with Crippen molar-refractivity contribution in [3.05, 3.63) is 76.5 Å². The SMILES string of the molecule is N#Cc1cc(-c2ccc3cc(O)ccc3c2Oc2ccc(CCCN3CCCCC3)cc2)cs1. The standard InChI is InChI=1S/C29H28N2O2S/c30-19-26-18-23(20-34-26)28-12-8-22-17-24(32)9-13-27(22)29(28)33-25-10-6-21(7-11-25)5-4-16-31-14-2-1-3-15-31/h6-13,17-18,20,32H,1-5,14-16H2. The summed E-state index contributed by atoms with van der Waals surface area (Å²) in [5.74, 6) is 1.73. The van der Waals surface area contributed by atoms with Crippen LogP contribution in [0, 0.1) is 11.3 Å². The van der Waals surface area contributed by atoms with E-state index in [1.807, 2.05) is 41.8 Å². The lowest BCUT2D eigenvalue weighted by atomic mass is 10.0. The van der Waals surface area contributed by atoms with Crippen molar-refractivity contribution in [2.24, 2.45) is 0 Å². The van der Waals surface area contributed by atoms with Gasteiger partial charge in [0.2, 0.25) is 0 Å². The molecule has 0 saturated carbocycles. The van der Waals surface area contributed by atoms with E-state index in [0.29, 0.717) is 4.88 Å². The molecule has 1 aromatic heterocycles. The molecule has 0 aliphatic carbocycles. The van der Waals surface area contributed by atoms with Crippen molar-refractivity contribution in [1.82, 2.24) is 4.90 Å². The van der Waals surface area contributed by atoms with E-state index in [1.54, 1.807) is 12.1 Å². The average molecular weight is 469 g/mol. The number of phenolic OH excluding ortho intramolecular Hbond substituents is 1. The van der Waals surface area contributed by atoms with E-state index in [2.05, 4.69) is 23.1 Å². The van der Waals surface area contributed by atoms with Crippen molar-refractivity contribution in [3.8, 4) is 34.4 Å². The molecule has 0 unspecified atom stereocenters. The number of aromatic hydroxyl groups is 1. The Bertz CT molecular complexity index is 1310. The first-order chi connectivity index (χ1) is 16.7. The number of ether oxygens (including phenoxy) is 1. The second-order valence-electron chi connectivity index (χ2n) is 8.91. The molecule has 5 rings (SSSR count). The lowest BCUT2D eigenvalue weighted by Crippen LogP contribution is -2.30. The zero-order valence-corrected chi connectivity index (χ0v) is 20.0. The first kappa shape index (κ1) is 22.5. The monoisotopic (exact) mass is 468 g/mol. The normalized spacial score (nSPS) is 14.2. The van der Waals surface area contributed by atoms with Gasteiger partial charge < -0.3 is 14.7 Å². The number of nitrogens with zero attached hydrogens (tertiary/aromatic N) is 2. The molecule has 3 aromatic carbocycles. The smallest absolute Gasteiger partial charge is 0.143 e. The molecule has 0 amide bonds. The summed E-state index contributed by atoms with van der Waals surface area (Å²) in [7, 11) is 0. The second kappa shape index (κ2) is 10.3. The number of aryl methyl sites for hydroxylation is 1. The predicted molar refractivity (Wildman–Crippen MR) is 139 cm³/mol. The molecule has 0 spiro atoms. The van der Waals surface area contributed by atoms with Gasteiger partial charge in [0.05, 0.1) is 0 Å². The number of nitriles is 1. The molecule has 1 saturated heterocycles. The Morgan fingerprint density at radius 2 is 1.79 bits per heavy atom. The molecule has 4 nitrogen and oxygen atoms in total. The summed E-state index contributed by atoms with van der Waals surface area (Å²) in [5, 5.41) is 23.0. The summed E-state index contributed by atoms with van der Waals surface area (Å²) in [6.45, 7) is 3.67. The molecular weight excluding hydrogens is 440 g/mol. The van der Waals surface area contributed by atoms with Gasteiger partial charge in [-0.2, -0.15) is 5.26 Å². The summed E-state index contributed by atoms with van der Waals surface area (Å²) < 4.78 is 6.45. The number of rotatable bonds is 7. The van der Waals surface area contributed by atoms with Gasteiger partial charge in [0.1, 0.15) is 28.2 Å². The molecule has 1 N–H and O–H groups in total.